The molecule has 2 nitrogen and oxygen atoms in total. The number of rotatable bonds is 5. The fourth-order valence-corrected chi connectivity index (χ4v) is 2.17. The van der Waals surface area contributed by atoms with Crippen molar-refractivity contribution in [3.8, 4) is 0 Å². The van der Waals surface area contributed by atoms with Crippen LogP contribution in [0, 0.1) is 0 Å². The third-order valence-corrected chi connectivity index (χ3v) is 3.12. The molecule has 82 valence electrons. The van der Waals surface area contributed by atoms with E-state index in [1.165, 1.54) is 37.7 Å². The molecule has 0 radical (unpaired) electrons. The lowest BCUT2D eigenvalue weighted by molar-refractivity contribution is 0.528. The maximum atomic E-state index is 5.69. The summed E-state index contributed by atoms with van der Waals surface area (Å²) >= 11 is 5.69. The van der Waals surface area contributed by atoms with Crippen LogP contribution in [0.25, 0.3) is 0 Å². The molecule has 0 fully saturated rings. The fourth-order valence-electron chi connectivity index (χ4n) is 2.01. The zero-order valence-electron chi connectivity index (χ0n) is 8.77. The minimum absolute atomic E-state index is 0.354. The second-order valence-electron chi connectivity index (χ2n) is 3.93. The van der Waals surface area contributed by atoms with Crippen LogP contribution in [-0.2, 0) is 0 Å². The summed E-state index contributed by atoms with van der Waals surface area (Å²) in [5.74, 6) is 6.29. The molecule has 0 aromatic heterocycles. The summed E-state index contributed by atoms with van der Waals surface area (Å²) in [5, 5.41) is 0. The third-order valence-electron chi connectivity index (χ3n) is 2.85. The van der Waals surface area contributed by atoms with Crippen molar-refractivity contribution >= 4 is 11.6 Å². The molecule has 0 heterocycles. The lowest BCUT2D eigenvalue weighted by Crippen LogP contribution is -2.36. The molecule has 0 spiro atoms. The van der Waals surface area contributed by atoms with Gasteiger partial charge in [-0.25, -0.2) is 0 Å². The van der Waals surface area contributed by atoms with Crippen LogP contribution < -0.4 is 11.3 Å². The van der Waals surface area contributed by atoms with E-state index in [0.717, 1.165) is 18.7 Å². The van der Waals surface area contributed by atoms with Crippen molar-refractivity contribution in [1.29, 1.82) is 0 Å². The maximum absolute atomic E-state index is 5.69. The van der Waals surface area contributed by atoms with E-state index in [-0.39, 0.29) is 0 Å². The summed E-state index contributed by atoms with van der Waals surface area (Å²) in [6.45, 7) is 0. The Labute approximate surface area is 91.9 Å². The van der Waals surface area contributed by atoms with Crippen LogP contribution in [0.15, 0.2) is 11.6 Å². The number of allylic oxidation sites excluding steroid dienone is 1. The van der Waals surface area contributed by atoms with Gasteiger partial charge in [0.2, 0.25) is 0 Å². The van der Waals surface area contributed by atoms with Crippen molar-refractivity contribution in [1.82, 2.24) is 5.43 Å². The van der Waals surface area contributed by atoms with Crippen LogP contribution in [0.2, 0.25) is 0 Å². The molecule has 0 amide bonds. The first-order valence-electron chi connectivity index (χ1n) is 5.59. The fraction of sp³-hybridized carbons (Fsp3) is 0.818. The highest BCUT2D eigenvalue weighted by Gasteiger charge is 2.13. The summed E-state index contributed by atoms with van der Waals surface area (Å²) in [7, 11) is 0. The second kappa shape index (κ2) is 7.27. The van der Waals surface area contributed by atoms with E-state index < -0.39 is 0 Å². The largest absolute Gasteiger partial charge is 0.271 e. The second-order valence-corrected chi connectivity index (χ2v) is 4.31. The quantitative estimate of drug-likeness (QED) is 0.321. The topological polar surface area (TPSA) is 38.0 Å². The van der Waals surface area contributed by atoms with E-state index in [1.807, 2.05) is 0 Å². The van der Waals surface area contributed by atoms with Crippen molar-refractivity contribution < 1.29 is 0 Å². The van der Waals surface area contributed by atoms with Gasteiger partial charge in [-0.15, -0.1) is 11.6 Å². The molecule has 0 aromatic carbocycles. The molecule has 1 aliphatic rings. The SMILES string of the molecule is NNC(CCCCl)C1=CCCCCC1. The number of hydrazine groups is 1. The van der Waals surface area contributed by atoms with Gasteiger partial charge in [-0.2, -0.15) is 0 Å². The predicted molar refractivity (Wildman–Crippen MR) is 62.2 cm³/mol. The van der Waals surface area contributed by atoms with E-state index in [4.69, 9.17) is 17.4 Å². The van der Waals surface area contributed by atoms with Crippen molar-refractivity contribution in [2.45, 2.75) is 51.0 Å². The Kier molecular flexibility index (Phi) is 6.24. The lowest BCUT2D eigenvalue weighted by atomic mass is 9.99. The monoisotopic (exact) mass is 216 g/mol. The molecular weight excluding hydrogens is 196 g/mol. The first kappa shape index (κ1) is 12.0. The van der Waals surface area contributed by atoms with E-state index in [0.29, 0.717) is 6.04 Å². The number of hydrogen-bond donors (Lipinski definition) is 2. The van der Waals surface area contributed by atoms with Crippen LogP contribution in [0.1, 0.15) is 44.9 Å². The van der Waals surface area contributed by atoms with Gasteiger partial charge in [-0.05, 0) is 38.5 Å². The lowest BCUT2D eigenvalue weighted by Gasteiger charge is -2.18. The minimum atomic E-state index is 0.354. The predicted octanol–water partition coefficient (Wildman–Crippen LogP) is 2.73. The number of alkyl halides is 1. The van der Waals surface area contributed by atoms with E-state index in [1.54, 1.807) is 0 Å². The summed E-state index contributed by atoms with van der Waals surface area (Å²) < 4.78 is 0. The van der Waals surface area contributed by atoms with Gasteiger partial charge in [0.05, 0.1) is 0 Å². The normalized spacial score (nSPS) is 20.0. The van der Waals surface area contributed by atoms with Gasteiger partial charge in [0.15, 0.2) is 0 Å². The van der Waals surface area contributed by atoms with Crippen molar-refractivity contribution in [2.75, 3.05) is 5.88 Å². The van der Waals surface area contributed by atoms with Gasteiger partial charge in [0, 0.05) is 11.9 Å². The van der Waals surface area contributed by atoms with E-state index in [2.05, 4.69) is 11.5 Å². The van der Waals surface area contributed by atoms with Crippen LogP contribution in [0.4, 0.5) is 0 Å². The molecule has 1 unspecified atom stereocenters. The number of halogens is 1. The Morgan fingerprint density at radius 2 is 2.29 bits per heavy atom. The molecule has 0 saturated heterocycles. The number of nitrogens with one attached hydrogen (secondary N) is 1. The van der Waals surface area contributed by atoms with Gasteiger partial charge in [-0.3, -0.25) is 11.3 Å². The maximum Gasteiger partial charge on any atom is 0.0420 e. The van der Waals surface area contributed by atoms with Crippen LogP contribution in [0.3, 0.4) is 0 Å². The van der Waals surface area contributed by atoms with Crippen LogP contribution >= 0.6 is 11.6 Å². The zero-order valence-corrected chi connectivity index (χ0v) is 9.52. The molecule has 3 N–H and O–H groups in total. The number of hydrogen-bond acceptors (Lipinski definition) is 2. The number of nitrogens with two attached hydrogens (primary N) is 1. The molecule has 1 rings (SSSR count). The summed E-state index contributed by atoms with van der Waals surface area (Å²) in [5.41, 5.74) is 4.40. The Balaban J connectivity index is 2.44. The van der Waals surface area contributed by atoms with Gasteiger partial charge in [0.1, 0.15) is 0 Å². The molecule has 0 saturated carbocycles. The first-order chi connectivity index (χ1) is 6.88. The highest BCUT2D eigenvalue weighted by molar-refractivity contribution is 6.17. The Morgan fingerprint density at radius 3 is 3.00 bits per heavy atom. The molecule has 0 aliphatic heterocycles. The smallest absolute Gasteiger partial charge is 0.0420 e. The molecule has 0 bridgehead atoms. The molecular formula is C11H21ClN2. The average Bonchev–Trinajstić information content (AvgIpc) is 2.48. The molecule has 1 atom stereocenters. The van der Waals surface area contributed by atoms with Crippen LogP contribution in [0.5, 0.6) is 0 Å². The van der Waals surface area contributed by atoms with Crippen LogP contribution in [-0.4, -0.2) is 11.9 Å². The Bertz CT molecular complexity index is 180. The van der Waals surface area contributed by atoms with Crippen molar-refractivity contribution in [3.05, 3.63) is 11.6 Å². The average molecular weight is 217 g/mol. The minimum Gasteiger partial charge on any atom is -0.271 e. The summed E-state index contributed by atoms with van der Waals surface area (Å²) in [4.78, 5) is 0. The summed E-state index contributed by atoms with van der Waals surface area (Å²) in [6.07, 6.45) is 10.9. The van der Waals surface area contributed by atoms with Gasteiger partial charge in [-0.1, -0.05) is 18.1 Å². The molecule has 3 heteroatoms. The first-order valence-corrected chi connectivity index (χ1v) is 6.13. The van der Waals surface area contributed by atoms with Crippen molar-refractivity contribution in [3.63, 3.8) is 0 Å². The molecule has 1 aliphatic carbocycles. The molecule has 0 aromatic rings. The van der Waals surface area contributed by atoms with Gasteiger partial charge in [0.25, 0.3) is 0 Å². The van der Waals surface area contributed by atoms with Gasteiger partial charge >= 0.3 is 0 Å². The Hall–Kier alpha value is -0.0500. The van der Waals surface area contributed by atoms with E-state index in [9.17, 15) is 0 Å². The van der Waals surface area contributed by atoms with E-state index >= 15 is 0 Å². The van der Waals surface area contributed by atoms with Gasteiger partial charge < -0.3 is 0 Å². The third kappa shape index (κ3) is 3.99. The standard InChI is InChI=1S/C11H21ClN2/c12-9-5-8-11(14-13)10-6-3-1-2-4-7-10/h6,11,14H,1-5,7-9,13H2. The van der Waals surface area contributed by atoms with Crippen molar-refractivity contribution in [2.24, 2.45) is 5.84 Å². The summed E-state index contributed by atoms with van der Waals surface area (Å²) in [6, 6.07) is 0.354. The highest BCUT2D eigenvalue weighted by Crippen LogP contribution is 2.21. The molecule has 14 heavy (non-hydrogen) atoms. The zero-order chi connectivity index (χ0) is 10.2. The highest BCUT2D eigenvalue weighted by atomic mass is 35.5. The Morgan fingerprint density at radius 1 is 1.43 bits per heavy atom.